The maximum Gasteiger partial charge on any atom is 0.314 e. The molecule has 1 N–H and O–H groups in total. The zero-order valence-electron chi connectivity index (χ0n) is 13.1. The molecule has 2 rings (SSSR count). The maximum atomic E-state index is 12.4. The van der Waals surface area contributed by atoms with Gasteiger partial charge in [-0.2, -0.15) is 0 Å². The molecule has 3 nitrogen and oxygen atoms in total. The summed E-state index contributed by atoms with van der Waals surface area (Å²) < 4.78 is 0. The average Bonchev–Trinajstić information content (AvgIpc) is 2.52. The van der Waals surface area contributed by atoms with Gasteiger partial charge in [-0.3, -0.25) is 9.59 Å². The molecule has 0 radical (unpaired) electrons. The van der Waals surface area contributed by atoms with Crippen molar-refractivity contribution < 1.29 is 14.7 Å². The van der Waals surface area contributed by atoms with Crippen LogP contribution in [0.1, 0.15) is 32.3 Å². The lowest BCUT2D eigenvalue weighted by Gasteiger charge is -2.18. The van der Waals surface area contributed by atoms with Crippen LogP contribution in [-0.4, -0.2) is 16.9 Å². The van der Waals surface area contributed by atoms with Crippen molar-refractivity contribution in [3.63, 3.8) is 0 Å². The first-order chi connectivity index (χ1) is 10.6. The summed E-state index contributed by atoms with van der Waals surface area (Å²) in [6, 6.07) is 14.3. The molecule has 2 unspecified atom stereocenters. The summed E-state index contributed by atoms with van der Waals surface area (Å²) >= 11 is 0. The minimum atomic E-state index is -1.01. The number of aliphatic carboxylic acids is 1. The Morgan fingerprint density at radius 2 is 1.68 bits per heavy atom. The van der Waals surface area contributed by atoms with E-state index in [2.05, 4.69) is 18.2 Å². The monoisotopic (exact) mass is 298 g/mol. The number of carbonyl (C=O) groups is 2. The van der Waals surface area contributed by atoms with Crippen molar-refractivity contribution in [1.82, 2.24) is 0 Å². The lowest BCUT2D eigenvalue weighted by molar-refractivity contribution is -0.147. The lowest BCUT2D eigenvalue weighted by atomic mass is 9.85. The van der Waals surface area contributed by atoms with Gasteiger partial charge in [-0.1, -0.05) is 56.3 Å². The van der Waals surface area contributed by atoms with E-state index in [1.54, 1.807) is 6.92 Å². The van der Waals surface area contributed by atoms with Crippen LogP contribution in [0.2, 0.25) is 0 Å². The van der Waals surface area contributed by atoms with E-state index in [1.807, 2.05) is 31.2 Å². The van der Waals surface area contributed by atoms with Crippen LogP contribution in [0.4, 0.5) is 0 Å². The zero-order chi connectivity index (χ0) is 16.1. The Bertz CT molecular complexity index is 675. The van der Waals surface area contributed by atoms with Crippen molar-refractivity contribution in [2.75, 3.05) is 0 Å². The second-order valence-electron chi connectivity index (χ2n) is 5.69. The smallest absolute Gasteiger partial charge is 0.314 e. The number of Topliss-reactive ketones (excluding diaryl/α,β-unsaturated/α-hetero) is 1. The molecule has 0 aromatic heterocycles. The summed E-state index contributed by atoms with van der Waals surface area (Å²) in [6.07, 6.45) is 1.61. The van der Waals surface area contributed by atoms with E-state index in [1.165, 1.54) is 5.39 Å². The number of rotatable bonds is 7. The summed E-state index contributed by atoms with van der Waals surface area (Å²) in [5.74, 6) is -2.28. The quantitative estimate of drug-likeness (QED) is 0.783. The first-order valence-corrected chi connectivity index (χ1v) is 7.81. The SMILES string of the molecule is CCC(Cc1ccc2ccccc2c1)C(=O)C(CC)C(=O)O. The highest BCUT2D eigenvalue weighted by atomic mass is 16.4. The number of ketones is 1. The molecule has 2 aromatic rings. The molecule has 0 saturated carbocycles. The van der Waals surface area contributed by atoms with Crippen molar-refractivity contribution in [2.45, 2.75) is 33.1 Å². The molecule has 0 heterocycles. The van der Waals surface area contributed by atoms with Crippen LogP contribution in [0.5, 0.6) is 0 Å². The Hall–Kier alpha value is -2.16. The van der Waals surface area contributed by atoms with E-state index in [9.17, 15) is 14.7 Å². The van der Waals surface area contributed by atoms with Gasteiger partial charge in [-0.05, 0) is 35.6 Å². The summed E-state index contributed by atoms with van der Waals surface area (Å²) in [6.45, 7) is 3.69. The third-order valence-corrected chi connectivity index (χ3v) is 4.24. The van der Waals surface area contributed by atoms with Gasteiger partial charge in [0.25, 0.3) is 0 Å². The van der Waals surface area contributed by atoms with Crippen LogP contribution in [0, 0.1) is 11.8 Å². The Labute approximate surface area is 131 Å². The van der Waals surface area contributed by atoms with E-state index in [-0.39, 0.29) is 11.7 Å². The average molecular weight is 298 g/mol. The second kappa shape index (κ2) is 7.21. The van der Waals surface area contributed by atoms with Gasteiger partial charge in [0, 0.05) is 5.92 Å². The van der Waals surface area contributed by atoms with E-state index in [0.29, 0.717) is 19.3 Å². The van der Waals surface area contributed by atoms with E-state index < -0.39 is 11.9 Å². The van der Waals surface area contributed by atoms with Gasteiger partial charge >= 0.3 is 5.97 Å². The van der Waals surface area contributed by atoms with Crippen LogP contribution in [0.3, 0.4) is 0 Å². The highest BCUT2D eigenvalue weighted by molar-refractivity contribution is 5.99. The van der Waals surface area contributed by atoms with Gasteiger partial charge in [0.05, 0.1) is 0 Å². The molecule has 0 aliphatic carbocycles. The molecule has 0 saturated heterocycles. The predicted molar refractivity (Wildman–Crippen MR) is 87.9 cm³/mol. The third kappa shape index (κ3) is 3.53. The molecule has 0 aliphatic rings. The Balaban J connectivity index is 2.21. The standard InChI is InChI=1S/C19H22O3/c1-3-14(18(20)17(4-2)19(21)22)11-13-9-10-15-7-5-6-8-16(15)12-13/h5-10,12,14,17H,3-4,11H2,1-2H3,(H,21,22). The van der Waals surface area contributed by atoms with Crippen LogP contribution in [0.15, 0.2) is 42.5 Å². The Morgan fingerprint density at radius 1 is 1.00 bits per heavy atom. The first-order valence-electron chi connectivity index (χ1n) is 7.81. The van der Waals surface area contributed by atoms with Crippen molar-refractivity contribution in [3.05, 3.63) is 48.0 Å². The molecule has 2 atom stereocenters. The zero-order valence-corrected chi connectivity index (χ0v) is 13.1. The van der Waals surface area contributed by atoms with Crippen molar-refractivity contribution in [1.29, 1.82) is 0 Å². The normalized spacial score (nSPS) is 13.7. The Morgan fingerprint density at radius 3 is 2.27 bits per heavy atom. The highest BCUT2D eigenvalue weighted by Gasteiger charge is 2.29. The summed E-state index contributed by atoms with van der Waals surface area (Å²) in [4.78, 5) is 23.6. The third-order valence-electron chi connectivity index (χ3n) is 4.24. The molecule has 3 heteroatoms. The fourth-order valence-corrected chi connectivity index (χ4v) is 2.88. The molecular weight excluding hydrogens is 276 g/mol. The number of carboxylic acids is 1. The summed E-state index contributed by atoms with van der Waals surface area (Å²) in [5, 5.41) is 11.5. The van der Waals surface area contributed by atoms with Crippen molar-refractivity contribution >= 4 is 22.5 Å². The maximum absolute atomic E-state index is 12.4. The molecule has 116 valence electrons. The molecule has 2 aromatic carbocycles. The summed E-state index contributed by atoms with van der Waals surface area (Å²) in [5.41, 5.74) is 1.08. The summed E-state index contributed by atoms with van der Waals surface area (Å²) in [7, 11) is 0. The fraction of sp³-hybridized carbons (Fsp3) is 0.368. The van der Waals surface area contributed by atoms with Crippen LogP contribution in [0.25, 0.3) is 10.8 Å². The van der Waals surface area contributed by atoms with Crippen LogP contribution < -0.4 is 0 Å². The highest BCUT2D eigenvalue weighted by Crippen LogP contribution is 2.22. The van der Waals surface area contributed by atoms with Crippen LogP contribution in [-0.2, 0) is 16.0 Å². The molecule has 0 amide bonds. The van der Waals surface area contributed by atoms with Crippen molar-refractivity contribution in [2.24, 2.45) is 11.8 Å². The number of carbonyl (C=O) groups excluding carboxylic acids is 1. The van der Waals surface area contributed by atoms with Gasteiger partial charge in [0.15, 0.2) is 0 Å². The van der Waals surface area contributed by atoms with Crippen molar-refractivity contribution in [3.8, 4) is 0 Å². The minimum Gasteiger partial charge on any atom is -0.481 e. The second-order valence-corrected chi connectivity index (χ2v) is 5.69. The number of fused-ring (bicyclic) bond motifs is 1. The molecule has 0 bridgehead atoms. The molecule has 0 spiro atoms. The topological polar surface area (TPSA) is 54.4 Å². The lowest BCUT2D eigenvalue weighted by Crippen LogP contribution is -2.30. The van der Waals surface area contributed by atoms with Gasteiger partial charge in [-0.15, -0.1) is 0 Å². The minimum absolute atomic E-state index is 0.148. The fourth-order valence-electron chi connectivity index (χ4n) is 2.88. The molecule has 0 aliphatic heterocycles. The largest absolute Gasteiger partial charge is 0.481 e. The first kappa shape index (κ1) is 16.2. The van der Waals surface area contributed by atoms with Gasteiger partial charge < -0.3 is 5.11 Å². The van der Waals surface area contributed by atoms with E-state index in [4.69, 9.17) is 0 Å². The van der Waals surface area contributed by atoms with Gasteiger partial charge in [-0.25, -0.2) is 0 Å². The number of benzene rings is 2. The van der Waals surface area contributed by atoms with E-state index in [0.717, 1.165) is 10.9 Å². The van der Waals surface area contributed by atoms with Crippen LogP contribution >= 0.6 is 0 Å². The number of carboxylic acid groups (broad SMARTS) is 1. The van der Waals surface area contributed by atoms with Gasteiger partial charge in [0.2, 0.25) is 0 Å². The number of hydrogen-bond donors (Lipinski definition) is 1. The molecule has 22 heavy (non-hydrogen) atoms. The molecular formula is C19H22O3. The Kier molecular flexibility index (Phi) is 5.31. The van der Waals surface area contributed by atoms with E-state index >= 15 is 0 Å². The molecule has 0 fully saturated rings. The predicted octanol–water partition coefficient (Wildman–Crippen LogP) is 4.09. The number of hydrogen-bond acceptors (Lipinski definition) is 2. The van der Waals surface area contributed by atoms with Gasteiger partial charge in [0.1, 0.15) is 11.7 Å².